The van der Waals surface area contributed by atoms with E-state index in [1.165, 1.54) is 18.4 Å². The van der Waals surface area contributed by atoms with Gasteiger partial charge in [-0.3, -0.25) is 9.59 Å². The fourth-order valence-electron chi connectivity index (χ4n) is 2.71. The van der Waals surface area contributed by atoms with Crippen molar-refractivity contribution in [1.82, 2.24) is 4.90 Å². The van der Waals surface area contributed by atoms with Gasteiger partial charge in [-0.15, -0.1) is 11.3 Å². The summed E-state index contributed by atoms with van der Waals surface area (Å²) in [5.41, 5.74) is 0.344. The Bertz CT molecular complexity index is 839. The van der Waals surface area contributed by atoms with Crippen LogP contribution in [0, 0.1) is 0 Å². The third kappa shape index (κ3) is 5.17. The zero-order valence-corrected chi connectivity index (χ0v) is 16.3. The number of amides is 1. The number of ether oxygens (including phenoxy) is 3. The molecule has 2 heterocycles. The highest BCUT2D eigenvalue weighted by atomic mass is 32.1. The van der Waals surface area contributed by atoms with Crippen LogP contribution in [0.15, 0.2) is 36.4 Å². The molecule has 2 aromatic rings. The molecule has 1 aliphatic rings. The van der Waals surface area contributed by atoms with Crippen molar-refractivity contribution in [2.24, 2.45) is 0 Å². The molecule has 0 N–H and O–H groups in total. The molecule has 28 heavy (non-hydrogen) atoms. The summed E-state index contributed by atoms with van der Waals surface area (Å²) in [5, 5.41) is 0. The van der Waals surface area contributed by atoms with Crippen LogP contribution in [0.3, 0.4) is 0 Å². The molecule has 1 amide bonds. The Morgan fingerprint density at radius 1 is 1.07 bits per heavy atom. The number of Topliss-reactive ketones (excluding diaryl/α,β-unsaturated/α-hetero) is 1. The van der Waals surface area contributed by atoms with Crippen molar-refractivity contribution in [3.05, 3.63) is 51.7 Å². The molecule has 3 rings (SSSR count). The predicted octanol–water partition coefficient (Wildman–Crippen LogP) is 2.20. The van der Waals surface area contributed by atoms with E-state index in [1.807, 2.05) is 0 Å². The number of hydrogen-bond donors (Lipinski definition) is 0. The maximum Gasteiger partial charge on any atom is 0.338 e. The number of carbonyl (C=O) groups is 3. The van der Waals surface area contributed by atoms with E-state index in [0.29, 0.717) is 42.5 Å². The van der Waals surface area contributed by atoms with Gasteiger partial charge < -0.3 is 19.1 Å². The van der Waals surface area contributed by atoms with E-state index in [9.17, 15) is 14.4 Å². The first-order valence-corrected chi connectivity index (χ1v) is 9.67. The fourth-order valence-corrected chi connectivity index (χ4v) is 3.63. The number of esters is 1. The second kappa shape index (κ2) is 9.48. The summed E-state index contributed by atoms with van der Waals surface area (Å²) < 4.78 is 15.4. The number of morpholine rings is 1. The van der Waals surface area contributed by atoms with Crippen molar-refractivity contribution in [2.75, 3.05) is 40.0 Å². The Hall–Kier alpha value is -2.71. The van der Waals surface area contributed by atoms with E-state index in [2.05, 4.69) is 0 Å². The number of thiophene rings is 1. The zero-order chi connectivity index (χ0) is 19.9. The van der Waals surface area contributed by atoms with Crippen LogP contribution in [-0.4, -0.2) is 62.6 Å². The molecule has 1 saturated heterocycles. The van der Waals surface area contributed by atoms with Gasteiger partial charge in [-0.05, 0) is 36.4 Å². The van der Waals surface area contributed by atoms with Gasteiger partial charge >= 0.3 is 5.97 Å². The normalized spacial score (nSPS) is 13.8. The summed E-state index contributed by atoms with van der Waals surface area (Å²) in [6, 6.07) is 9.88. The van der Waals surface area contributed by atoms with Gasteiger partial charge in [0.25, 0.3) is 0 Å². The fraction of sp³-hybridized carbons (Fsp3) is 0.350. The Balaban J connectivity index is 1.50. The van der Waals surface area contributed by atoms with Crippen molar-refractivity contribution in [2.45, 2.75) is 6.42 Å². The van der Waals surface area contributed by atoms with Gasteiger partial charge in [0.2, 0.25) is 11.7 Å². The van der Waals surface area contributed by atoms with Gasteiger partial charge in [-0.2, -0.15) is 0 Å². The van der Waals surface area contributed by atoms with Crippen molar-refractivity contribution < 1.29 is 28.6 Å². The van der Waals surface area contributed by atoms with E-state index in [4.69, 9.17) is 14.2 Å². The lowest BCUT2D eigenvalue weighted by molar-refractivity contribution is -0.134. The number of carbonyl (C=O) groups excluding carboxylic acids is 3. The number of rotatable bonds is 7. The maximum atomic E-state index is 12.3. The van der Waals surface area contributed by atoms with E-state index in [0.717, 1.165) is 4.88 Å². The molecule has 0 bridgehead atoms. The van der Waals surface area contributed by atoms with E-state index < -0.39 is 5.97 Å². The zero-order valence-electron chi connectivity index (χ0n) is 15.5. The van der Waals surface area contributed by atoms with Crippen molar-refractivity contribution in [3.8, 4) is 5.75 Å². The average molecular weight is 403 g/mol. The molecule has 0 unspecified atom stereocenters. The van der Waals surface area contributed by atoms with Crippen molar-refractivity contribution >= 4 is 29.0 Å². The minimum atomic E-state index is -0.574. The van der Waals surface area contributed by atoms with E-state index >= 15 is 0 Å². The lowest BCUT2D eigenvalue weighted by atomic mass is 10.2. The van der Waals surface area contributed by atoms with Crippen LogP contribution in [0.4, 0.5) is 0 Å². The topological polar surface area (TPSA) is 82.1 Å². The van der Waals surface area contributed by atoms with Crippen LogP contribution in [0.1, 0.15) is 24.9 Å². The summed E-state index contributed by atoms with van der Waals surface area (Å²) in [4.78, 5) is 39.6. The Morgan fingerprint density at radius 3 is 2.46 bits per heavy atom. The van der Waals surface area contributed by atoms with Crippen molar-refractivity contribution in [3.63, 3.8) is 0 Å². The second-order valence-electron chi connectivity index (χ2n) is 6.16. The van der Waals surface area contributed by atoms with Gasteiger partial charge in [0.05, 0.1) is 37.2 Å². The number of ketones is 1. The minimum absolute atomic E-state index is 0.0232. The standard InChI is InChI=1S/C20H21NO6S/c1-25-15-4-2-14(3-5-15)20(24)27-13-17(22)18-7-6-16(28-18)12-19(23)21-8-10-26-11-9-21/h2-7H,8-13H2,1H3. The summed E-state index contributed by atoms with van der Waals surface area (Å²) in [6.45, 7) is 1.95. The maximum absolute atomic E-state index is 12.3. The second-order valence-corrected chi connectivity index (χ2v) is 7.33. The molecule has 1 aromatic carbocycles. The molecular formula is C20H21NO6S. The van der Waals surface area contributed by atoms with Gasteiger partial charge in [0.15, 0.2) is 6.61 Å². The molecule has 148 valence electrons. The highest BCUT2D eigenvalue weighted by molar-refractivity contribution is 7.14. The Kier molecular flexibility index (Phi) is 6.78. The summed E-state index contributed by atoms with van der Waals surface area (Å²) in [5.74, 6) is -0.215. The van der Waals surface area contributed by atoms with Gasteiger partial charge in [0, 0.05) is 18.0 Å². The van der Waals surface area contributed by atoms with Crippen LogP contribution in [-0.2, 0) is 20.7 Å². The van der Waals surface area contributed by atoms with Gasteiger partial charge in [-0.1, -0.05) is 0 Å². The molecule has 0 saturated carbocycles. The first-order chi connectivity index (χ1) is 13.6. The van der Waals surface area contributed by atoms with Crippen LogP contribution in [0.25, 0.3) is 0 Å². The largest absolute Gasteiger partial charge is 0.497 e. The lowest BCUT2D eigenvalue weighted by Gasteiger charge is -2.26. The smallest absolute Gasteiger partial charge is 0.338 e. The predicted molar refractivity (Wildman–Crippen MR) is 103 cm³/mol. The first kappa shape index (κ1) is 20.0. The molecule has 1 fully saturated rings. The summed E-state index contributed by atoms with van der Waals surface area (Å²) in [6.07, 6.45) is 0.254. The van der Waals surface area contributed by atoms with Crippen LogP contribution in [0.5, 0.6) is 5.75 Å². The quantitative estimate of drug-likeness (QED) is 0.521. The molecule has 1 aliphatic heterocycles. The molecule has 1 aromatic heterocycles. The summed E-state index contributed by atoms with van der Waals surface area (Å²) >= 11 is 1.25. The van der Waals surface area contributed by atoms with Gasteiger partial charge in [-0.25, -0.2) is 4.79 Å². The number of methoxy groups -OCH3 is 1. The number of hydrogen-bond acceptors (Lipinski definition) is 7. The Morgan fingerprint density at radius 2 is 1.79 bits per heavy atom. The van der Waals surface area contributed by atoms with Crippen molar-refractivity contribution in [1.29, 1.82) is 0 Å². The third-order valence-electron chi connectivity index (χ3n) is 4.29. The van der Waals surface area contributed by atoms with Crippen LogP contribution in [0.2, 0.25) is 0 Å². The number of nitrogens with zero attached hydrogens (tertiary/aromatic N) is 1. The molecule has 0 atom stereocenters. The van der Waals surface area contributed by atoms with E-state index in [1.54, 1.807) is 41.3 Å². The molecule has 0 aliphatic carbocycles. The average Bonchev–Trinajstić information content (AvgIpc) is 3.21. The summed E-state index contributed by atoms with van der Waals surface area (Å²) in [7, 11) is 1.54. The molecular weight excluding hydrogens is 382 g/mol. The third-order valence-corrected chi connectivity index (χ3v) is 5.41. The van der Waals surface area contributed by atoms with Gasteiger partial charge in [0.1, 0.15) is 5.75 Å². The monoisotopic (exact) mass is 403 g/mol. The Labute approximate surface area is 166 Å². The molecule has 7 nitrogen and oxygen atoms in total. The van der Waals surface area contributed by atoms with Crippen LogP contribution < -0.4 is 4.74 Å². The minimum Gasteiger partial charge on any atom is -0.497 e. The molecule has 8 heteroatoms. The van der Waals surface area contributed by atoms with Crippen LogP contribution >= 0.6 is 11.3 Å². The molecule has 0 spiro atoms. The highest BCUT2D eigenvalue weighted by Gasteiger charge is 2.19. The molecule has 0 radical (unpaired) electrons. The lowest BCUT2D eigenvalue weighted by Crippen LogP contribution is -2.41. The highest BCUT2D eigenvalue weighted by Crippen LogP contribution is 2.19. The van der Waals surface area contributed by atoms with E-state index in [-0.39, 0.29) is 24.7 Å². The first-order valence-electron chi connectivity index (χ1n) is 8.85. The SMILES string of the molecule is COc1ccc(C(=O)OCC(=O)c2ccc(CC(=O)N3CCOCC3)s2)cc1. The number of benzene rings is 1.